The second kappa shape index (κ2) is 2.75. The van der Waals surface area contributed by atoms with Gasteiger partial charge in [-0.1, -0.05) is 37.1 Å². The molecule has 0 aromatic rings. The molecule has 0 heterocycles. The summed E-state index contributed by atoms with van der Waals surface area (Å²) in [6, 6.07) is 0. The van der Waals surface area contributed by atoms with Crippen LogP contribution in [0.5, 0.6) is 0 Å². The van der Waals surface area contributed by atoms with Crippen molar-refractivity contribution in [1.29, 1.82) is 0 Å². The standard InChI is InChI=1S/C10H12/c1-3-10(4-2)8-6-5-7-9-10/h1,5-8H,4,9H2,2H3. The average molecular weight is 132 g/mol. The molecule has 1 rings (SSSR count). The summed E-state index contributed by atoms with van der Waals surface area (Å²) in [4.78, 5) is 0. The lowest BCUT2D eigenvalue weighted by Crippen LogP contribution is -2.14. The van der Waals surface area contributed by atoms with Gasteiger partial charge in [-0.25, -0.2) is 0 Å². The number of hydrogen-bond donors (Lipinski definition) is 0. The van der Waals surface area contributed by atoms with Gasteiger partial charge < -0.3 is 0 Å². The number of allylic oxidation sites excluding steroid dienone is 4. The van der Waals surface area contributed by atoms with E-state index in [1.54, 1.807) is 0 Å². The minimum atomic E-state index is 0.0226. The van der Waals surface area contributed by atoms with Crippen LogP contribution < -0.4 is 0 Å². The summed E-state index contributed by atoms with van der Waals surface area (Å²) in [6.07, 6.45) is 15.8. The van der Waals surface area contributed by atoms with Crippen LogP contribution in [-0.4, -0.2) is 0 Å². The van der Waals surface area contributed by atoms with Crippen LogP contribution in [0.15, 0.2) is 24.3 Å². The fourth-order valence-electron chi connectivity index (χ4n) is 1.14. The molecule has 0 saturated heterocycles. The van der Waals surface area contributed by atoms with Gasteiger partial charge in [0.1, 0.15) is 0 Å². The van der Waals surface area contributed by atoms with E-state index in [1.807, 2.05) is 12.2 Å². The third kappa shape index (κ3) is 1.14. The molecular formula is C10H12. The van der Waals surface area contributed by atoms with Gasteiger partial charge in [0.05, 0.1) is 5.41 Å². The highest BCUT2D eigenvalue weighted by Gasteiger charge is 2.20. The van der Waals surface area contributed by atoms with Gasteiger partial charge in [-0.2, -0.15) is 0 Å². The van der Waals surface area contributed by atoms with Crippen molar-refractivity contribution >= 4 is 0 Å². The van der Waals surface area contributed by atoms with Gasteiger partial charge in [0, 0.05) is 0 Å². The van der Waals surface area contributed by atoms with Crippen LogP contribution in [0.4, 0.5) is 0 Å². The lowest BCUT2D eigenvalue weighted by atomic mass is 9.80. The summed E-state index contributed by atoms with van der Waals surface area (Å²) in [5.41, 5.74) is 0.0226. The Kier molecular flexibility index (Phi) is 1.97. The lowest BCUT2D eigenvalue weighted by molar-refractivity contribution is 0.499. The molecule has 0 saturated carbocycles. The van der Waals surface area contributed by atoms with E-state index in [1.165, 1.54) is 0 Å². The molecular weight excluding hydrogens is 120 g/mol. The van der Waals surface area contributed by atoms with Crippen molar-refractivity contribution in [2.75, 3.05) is 0 Å². The molecule has 10 heavy (non-hydrogen) atoms. The van der Waals surface area contributed by atoms with Crippen LogP contribution in [0.1, 0.15) is 19.8 Å². The Morgan fingerprint density at radius 2 is 2.40 bits per heavy atom. The van der Waals surface area contributed by atoms with Crippen LogP contribution in [0.25, 0.3) is 0 Å². The first-order valence-corrected chi connectivity index (χ1v) is 3.65. The zero-order chi connectivity index (χ0) is 7.45. The van der Waals surface area contributed by atoms with Crippen molar-refractivity contribution in [2.45, 2.75) is 19.8 Å². The summed E-state index contributed by atoms with van der Waals surface area (Å²) in [6.45, 7) is 2.13. The Labute approximate surface area is 62.6 Å². The average Bonchev–Trinajstić information content (AvgIpc) is 2.06. The maximum atomic E-state index is 5.41. The maximum Gasteiger partial charge on any atom is 0.0525 e. The minimum absolute atomic E-state index is 0.0226. The topological polar surface area (TPSA) is 0 Å². The normalized spacial score (nSPS) is 30.0. The van der Waals surface area contributed by atoms with Crippen molar-refractivity contribution in [3.8, 4) is 12.3 Å². The molecule has 1 atom stereocenters. The Bertz CT molecular complexity index is 203. The van der Waals surface area contributed by atoms with Crippen molar-refractivity contribution in [2.24, 2.45) is 5.41 Å². The quantitative estimate of drug-likeness (QED) is 0.481. The summed E-state index contributed by atoms with van der Waals surface area (Å²) >= 11 is 0. The van der Waals surface area contributed by atoms with Crippen LogP contribution >= 0.6 is 0 Å². The molecule has 52 valence electrons. The Morgan fingerprint density at radius 3 is 2.70 bits per heavy atom. The molecule has 0 nitrogen and oxygen atoms in total. The highest BCUT2D eigenvalue weighted by molar-refractivity contribution is 5.25. The summed E-state index contributed by atoms with van der Waals surface area (Å²) in [5, 5.41) is 0. The van der Waals surface area contributed by atoms with E-state index < -0.39 is 0 Å². The van der Waals surface area contributed by atoms with Gasteiger partial charge in [0.25, 0.3) is 0 Å². The monoisotopic (exact) mass is 132 g/mol. The number of hydrogen-bond acceptors (Lipinski definition) is 0. The fraction of sp³-hybridized carbons (Fsp3) is 0.400. The molecule has 0 aliphatic heterocycles. The van der Waals surface area contributed by atoms with Crippen molar-refractivity contribution in [3.63, 3.8) is 0 Å². The highest BCUT2D eigenvalue weighted by Crippen LogP contribution is 2.29. The Hall–Kier alpha value is -0.960. The molecule has 0 bridgehead atoms. The second-order valence-corrected chi connectivity index (χ2v) is 2.65. The zero-order valence-corrected chi connectivity index (χ0v) is 6.30. The van der Waals surface area contributed by atoms with E-state index in [2.05, 4.69) is 25.0 Å². The summed E-state index contributed by atoms with van der Waals surface area (Å²) in [7, 11) is 0. The molecule has 0 aromatic carbocycles. The van der Waals surface area contributed by atoms with Crippen LogP contribution in [-0.2, 0) is 0 Å². The second-order valence-electron chi connectivity index (χ2n) is 2.65. The molecule has 0 aromatic heterocycles. The number of rotatable bonds is 1. The molecule has 0 amide bonds. The SMILES string of the molecule is C#CC1(CC)C=CC=CC1. The highest BCUT2D eigenvalue weighted by atomic mass is 14.2. The van der Waals surface area contributed by atoms with Crippen LogP contribution in [0, 0.1) is 17.8 Å². The van der Waals surface area contributed by atoms with E-state index in [0.29, 0.717) is 0 Å². The van der Waals surface area contributed by atoms with Gasteiger partial charge in [0.15, 0.2) is 0 Å². The molecule has 0 spiro atoms. The van der Waals surface area contributed by atoms with Crippen LogP contribution in [0.3, 0.4) is 0 Å². The first-order valence-electron chi connectivity index (χ1n) is 3.65. The third-order valence-electron chi connectivity index (χ3n) is 2.06. The smallest absolute Gasteiger partial charge is 0.0525 e. The Balaban J connectivity index is 2.79. The van der Waals surface area contributed by atoms with Crippen molar-refractivity contribution in [3.05, 3.63) is 24.3 Å². The third-order valence-corrected chi connectivity index (χ3v) is 2.06. The van der Waals surface area contributed by atoms with Crippen molar-refractivity contribution < 1.29 is 0 Å². The molecule has 0 fully saturated rings. The zero-order valence-electron chi connectivity index (χ0n) is 6.30. The molecule has 0 radical (unpaired) electrons. The summed E-state index contributed by atoms with van der Waals surface area (Å²) in [5.74, 6) is 2.83. The summed E-state index contributed by atoms with van der Waals surface area (Å²) < 4.78 is 0. The predicted molar refractivity (Wildman–Crippen MR) is 44.5 cm³/mol. The van der Waals surface area contributed by atoms with E-state index in [-0.39, 0.29) is 5.41 Å². The molecule has 1 aliphatic carbocycles. The first-order chi connectivity index (χ1) is 4.83. The predicted octanol–water partition coefficient (Wildman–Crippen LogP) is 2.53. The van der Waals surface area contributed by atoms with E-state index in [0.717, 1.165) is 12.8 Å². The van der Waals surface area contributed by atoms with E-state index in [4.69, 9.17) is 6.42 Å². The lowest BCUT2D eigenvalue weighted by Gasteiger charge is -2.22. The van der Waals surface area contributed by atoms with Gasteiger partial charge in [-0.3, -0.25) is 0 Å². The van der Waals surface area contributed by atoms with Gasteiger partial charge >= 0.3 is 0 Å². The number of terminal acetylenes is 1. The maximum absolute atomic E-state index is 5.41. The first kappa shape index (κ1) is 7.15. The van der Waals surface area contributed by atoms with E-state index in [9.17, 15) is 0 Å². The molecule has 1 unspecified atom stereocenters. The van der Waals surface area contributed by atoms with Crippen LogP contribution in [0.2, 0.25) is 0 Å². The minimum Gasteiger partial charge on any atom is -0.119 e. The fourth-order valence-corrected chi connectivity index (χ4v) is 1.14. The molecule has 1 aliphatic rings. The van der Waals surface area contributed by atoms with E-state index >= 15 is 0 Å². The Morgan fingerprint density at radius 1 is 1.60 bits per heavy atom. The molecule has 0 N–H and O–H groups in total. The van der Waals surface area contributed by atoms with Crippen molar-refractivity contribution in [1.82, 2.24) is 0 Å². The largest absolute Gasteiger partial charge is 0.119 e. The van der Waals surface area contributed by atoms with Gasteiger partial charge in [0.2, 0.25) is 0 Å². The van der Waals surface area contributed by atoms with Gasteiger partial charge in [-0.15, -0.1) is 6.42 Å². The molecule has 0 heteroatoms. The van der Waals surface area contributed by atoms with Gasteiger partial charge in [-0.05, 0) is 12.8 Å².